The van der Waals surface area contributed by atoms with Gasteiger partial charge in [0.1, 0.15) is 0 Å². The van der Waals surface area contributed by atoms with Gasteiger partial charge in [0, 0.05) is 38.8 Å². The summed E-state index contributed by atoms with van der Waals surface area (Å²) in [6.45, 7) is 2.97. The average molecular weight is 253 g/mol. The molecule has 2 aliphatic heterocycles. The smallest absolute Gasteiger partial charge is 0.237 e. The lowest BCUT2D eigenvalue weighted by atomic mass is 10.1. The number of amides is 1. The van der Waals surface area contributed by atoms with Gasteiger partial charge in [-0.15, -0.1) is 0 Å². The highest BCUT2D eigenvalue weighted by Crippen LogP contribution is 2.29. The zero-order chi connectivity index (χ0) is 12.5. The van der Waals surface area contributed by atoms with Gasteiger partial charge in [-0.05, 0) is 25.7 Å². The Kier molecular flexibility index (Phi) is 3.54. The number of carbonyl (C=O) groups is 1. The third-order valence-electron chi connectivity index (χ3n) is 4.37. The molecule has 3 aliphatic rings. The number of ether oxygens (including phenoxy) is 1. The van der Waals surface area contributed by atoms with Crippen molar-refractivity contribution in [2.45, 2.75) is 49.9 Å². The van der Waals surface area contributed by atoms with Crippen molar-refractivity contribution in [2.24, 2.45) is 0 Å². The summed E-state index contributed by atoms with van der Waals surface area (Å²) < 4.78 is 5.27. The largest absolute Gasteiger partial charge is 0.380 e. The molecule has 0 spiro atoms. The first-order valence-corrected chi connectivity index (χ1v) is 7.07. The first-order valence-electron chi connectivity index (χ1n) is 7.07. The molecule has 3 atom stereocenters. The van der Waals surface area contributed by atoms with Gasteiger partial charge in [0.15, 0.2) is 0 Å². The Balaban J connectivity index is 1.44. The van der Waals surface area contributed by atoms with Gasteiger partial charge in [-0.3, -0.25) is 9.69 Å². The van der Waals surface area contributed by atoms with Gasteiger partial charge >= 0.3 is 0 Å². The van der Waals surface area contributed by atoms with Crippen LogP contribution in [0.25, 0.3) is 0 Å². The normalized spacial score (nSPS) is 37.1. The summed E-state index contributed by atoms with van der Waals surface area (Å²) in [5.41, 5.74) is 0. The predicted molar refractivity (Wildman–Crippen MR) is 68.3 cm³/mol. The van der Waals surface area contributed by atoms with Crippen LogP contribution in [0.4, 0.5) is 0 Å². The molecule has 5 nitrogen and oxygen atoms in total. The summed E-state index contributed by atoms with van der Waals surface area (Å²) in [6.07, 6.45) is 4.78. The van der Waals surface area contributed by atoms with E-state index in [9.17, 15) is 4.79 Å². The van der Waals surface area contributed by atoms with Crippen LogP contribution in [0.2, 0.25) is 0 Å². The van der Waals surface area contributed by atoms with Crippen LogP contribution in [0.1, 0.15) is 25.7 Å². The van der Waals surface area contributed by atoms with E-state index in [1.54, 1.807) is 7.11 Å². The number of rotatable bonds is 4. The van der Waals surface area contributed by atoms with E-state index < -0.39 is 0 Å². The van der Waals surface area contributed by atoms with Gasteiger partial charge in [-0.25, -0.2) is 0 Å². The van der Waals surface area contributed by atoms with Crippen LogP contribution in [-0.4, -0.2) is 61.8 Å². The van der Waals surface area contributed by atoms with Gasteiger partial charge in [0.25, 0.3) is 0 Å². The number of methoxy groups -OCH3 is 1. The van der Waals surface area contributed by atoms with E-state index >= 15 is 0 Å². The molecule has 2 saturated heterocycles. The zero-order valence-electron chi connectivity index (χ0n) is 11.0. The van der Waals surface area contributed by atoms with Crippen LogP contribution in [0.5, 0.6) is 0 Å². The SMILES string of the molecule is COC1CNC(C(=O)NC2CCN(C3CC3)C2)C1. The van der Waals surface area contributed by atoms with E-state index in [1.807, 2.05) is 0 Å². The molecule has 0 aromatic rings. The molecule has 0 bridgehead atoms. The van der Waals surface area contributed by atoms with Gasteiger partial charge in [-0.1, -0.05) is 0 Å². The number of hydrogen-bond acceptors (Lipinski definition) is 4. The topological polar surface area (TPSA) is 53.6 Å². The van der Waals surface area contributed by atoms with Crippen LogP contribution in [0.3, 0.4) is 0 Å². The first-order chi connectivity index (χ1) is 8.76. The molecule has 3 unspecified atom stereocenters. The summed E-state index contributed by atoms with van der Waals surface area (Å²) >= 11 is 0. The van der Waals surface area contributed by atoms with Crippen molar-refractivity contribution < 1.29 is 9.53 Å². The lowest BCUT2D eigenvalue weighted by Gasteiger charge is -2.18. The van der Waals surface area contributed by atoms with Gasteiger partial charge in [0.2, 0.25) is 5.91 Å². The maximum atomic E-state index is 12.1. The molecule has 0 radical (unpaired) electrons. The molecule has 102 valence electrons. The molecular weight excluding hydrogens is 230 g/mol. The van der Waals surface area contributed by atoms with Crippen LogP contribution in [-0.2, 0) is 9.53 Å². The van der Waals surface area contributed by atoms with Crippen molar-refractivity contribution in [3.8, 4) is 0 Å². The fourth-order valence-electron chi connectivity index (χ4n) is 3.06. The molecule has 1 amide bonds. The second kappa shape index (κ2) is 5.15. The molecule has 2 N–H and O–H groups in total. The van der Waals surface area contributed by atoms with E-state index in [1.165, 1.54) is 12.8 Å². The monoisotopic (exact) mass is 253 g/mol. The van der Waals surface area contributed by atoms with Gasteiger partial charge in [-0.2, -0.15) is 0 Å². The maximum absolute atomic E-state index is 12.1. The highest BCUT2D eigenvalue weighted by Gasteiger charge is 2.36. The van der Waals surface area contributed by atoms with Crippen LogP contribution in [0.15, 0.2) is 0 Å². The minimum atomic E-state index is -0.0649. The molecule has 1 saturated carbocycles. The Morgan fingerprint density at radius 3 is 2.89 bits per heavy atom. The predicted octanol–water partition coefficient (Wildman–Crippen LogP) is -0.284. The summed E-state index contributed by atoms with van der Waals surface area (Å²) in [6, 6.07) is 1.10. The third kappa shape index (κ3) is 2.68. The molecular formula is C13H23N3O2. The number of likely N-dealkylation sites (tertiary alicyclic amines) is 1. The summed E-state index contributed by atoms with van der Waals surface area (Å²) in [7, 11) is 1.71. The van der Waals surface area contributed by atoms with E-state index in [2.05, 4.69) is 15.5 Å². The van der Waals surface area contributed by atoms with Gasteiger partial charge < -0.3 is 15.4 Å². The molecule has 0 aromatic carbocycles. The molecule has 1 aliphatic carbocycles. The van der Waals surface area contributed by atoms with Gasteiger partial charge in [0.05, 0.1) is 12.1 Å². The maximum Gasteiger partial charge on any atom is 0.237 e. The van der Waals surface area contributed by atoms with E-state index in [-0.39, 0.29) is 18.1 Å². The molecule has 2 heterocycles. The quantitative estimate of drug-likeness (QED) is 0.723. The number of hydrogen-bond donors (Lipinski definition) is 2. The van der Waals surface area contributed by atoms with Crippen molar-refractivity contribution in [2.75, 3.05) is 26.7 Å². The Hall–Kier alpha value is -0.650. The molecule has 0 aromatic heterocycles. The average Bonchev–Trinajstić information content (AvgIpc) is 2.93. The highest BCUT2D eigenvalue weighted by atomic mass is 16.5. The molecule has 3 rings (SSSR count). The lowest BCUT2D eigenvalue weighted by Crippen LogP contribution is -2.46. The number of carbonyl (C=O) groups excluding carboxylic acids is 1. The van der Waals surface area contributed by atoms with E-state index in [4.69, 9.17) is 4.74 Å². The standard InChI is InChI=1S/C13H23N3O2/c1-18-11-6-12(14-7-11)13(17)15-9-4-5-16(8-9)10-2-3-10/h9-12,14H,2-8H2,1H3,(H,15,17). The number of nitrogens with one attached hydrogen (secondary N) is 2. The fraction of sp³-hybridized carbons (Fsp3) is 0.923. The Labute approximate surface area is 108 Å². The summed E-state index contributed by atoms with van der Waals surface area (Å²) in [5.74, 6) is 0.150. The van der Waals surface area contributed by atoms with Crippen molar-refractivity contribution in [3.63, 3.8) is 0 Å². The second-order valence-electron chi connectivity index (χ2n) is 5.77. The van der Waals surface area contributed by atoms with Crippen molar-refractivity contribution in [3.05, 3.63) is 0 Å². The van der Waals surface area contributed by atoms with E-state index in [0.29, 0.717) is 6.04 Å². The van der Waals surface area contributed by atoms with Crippen molar-refractivity contribution >= 4 is 5.91 Å². The van der Waals surface area contributed by atoms with Crippen molar-refractivity contribution in [1.82, 2.24) is 15.5 Å². The Bertz CT molecular complexity index is 319. The third-order valence-corrected chi connectivity index (χ3v) is 4.37. The zero-order valence-corrected chi connectivity index (χ0v) is 11.0. The Morgan fingerprint density at radius 2 is 2.22 bits per heavy atom. The molecule has 3 fully saturated rings. The summed E-state index contributed by atoms with van der Waals surface area (Å²) in [5, 5.41) is 6.41. The van der Waals surface area contributed by atoms with Crippen LogP contribution in [0, 0.1) is 0 Å². The minimum absolute atomic E-state index is 0.0649. The number of nitrogens with zero attached hydrogens (tertiary/aromatic N) is 1. The highest BCUT2D eigenvalue weighted by molar-refractivity contribution is 5.82. The van der Waals surface area contributed by atoms with E-state index in [0.717, 1.165) is 38.5 Å². The Morgan fingerprint density at radius 1 is 1.39 bits per heavy atom. The minimum Gasteiger partial charge on any atom is -0.380 e. The fourth-order valence-corrected chi connectivity index (χ4v) is 3.06. The van der Waals surface area contributed by atoms with Crippen molar-refractivity contribution in [1.29, 1.82) is 0 Å². The van der Waals surface area contributed by atoms with Crippen LogP contribution >= 0.6 is 0 Å². The molecule has 5 heteroatoms. The summed E-state index contributed by atoms with van der Waals surface area (Å²) in [4.78, 5) is 14.6. The second-order valence-corrected chi connectivity index (χ2v) is 5.77. The lowest BCUT2D eigenvalue weighted by molar-refractivity contribution is -0.123. The van der Waals surface area contributed by atoms with Crippen LogP contribution < -0.4 is 10.6 Å². The first kappa shape index (κ1) is 12.4. The molecule has 18 heavy (non-hydrogen) atoms.